The van der Waals surface area contributed by atoms with Crippen LogP contribution in [0.3, 0.4) is 0 Å². The molecular weight excluding hydrogens is 210 g/mol. The first-order valence-corrected chi connectivity index (χ1v) is 6.87. The fourth-order valence-electron chi connectivity index (χ4n) is 2.58. The Hall–Kier alpha value is -1.18. The lowest BCUT2D eigenvalue weighted by Gasteiger charge is -2.21. The molecule has 0 amide bonds. The minimum Gasteiger partial charge on any atom is -0.492 e. The van der Waals surface area contributed by atoms with Crippen LogP contribution < -0.4 is 10.1 Å². The third-order valence-corrected chi connectivity index (χ3v) is 3.77. The smallest absolute Gasteiger partial charge is 0.142 e. The Morgan fingerprint density at radius 2 is 1.82 bits per heavy atom. The molecule has 0 heterocycles. The SMILES string of the molecule is CCOc1ccccc1NC(C1CC1)C1CC1. The van der Waals surface area contributed by atoms with Gasteiger partial charge in [-0.1, -0.05) is 12.1 Å². The molecule has 0 aromatic heterocycles. The molecule has 2 fully saturated rings. The average Bonchev–Trinajstić information content (AvgIpc) is 3.21. The molecule has 0 aliphatic heterocycles. The highest BCUT2D eigenvalue weighted by Gasteiger charge is 2.41. The highest BCUT2D eigenvalue weighted by molar-refractivity contribution is 5.57. The third-order valence-electron chi connectivity index (χ3n) is 3.77. The second kappa shape index (κ2) is 4.59. The summed E-state index contributed by atoms with van der Waals surface area (Å²) in [6, 6.07) is 9.02. The lowest BCUT2D eigenvalue weighted by Crippen LogP contribution is -2.24. The van der Waals surface area contributed by atoms with Crippen LogP contribution in [0.4, 0.5) is 5.69 Å². The number of rotatable bonds is 6. The zero-order valence-corrected chi connectivity index (χ0v) is 10.5. The van der Waals surface area contributed by atoms with Crippen molar-refractivity contribution >= 4 is 5.69 Å². The van der Waals surface area contributed by atoms with Gasteiger partial charge in [-0.25, -0.2) is 0 Å². The van der Waals surface area contributed by atoms with Crippen LogP contribution in [-0.4, -0.2) is 12.6 Å². The van der Waals surface area contributed by atoms with Crippen LogP contribution in [0.15, 0.2) is 24.3 Å². The summed E-state index contributed by atoms with van der Waals surface area (Å²) in [5.41, 5.74) is 1.18. The molecule has 2 heteroatoms. The Balaban J connectivity index is 1.73. The molecule has 0 unspecified atom stereocenters. The van der Waals surface area contributed by atoms with Crippen molar-refractivity contribution < 1.29 is 4.74 Å². The highest BCUT2D eigenvalue weighted by Crippen LogP contribution is 2.46. The van der Waals surface area contributed by atoms with E-state index >= 15 is 0 Å². The van der Waals surface area contributed by atoms with E-state index in [2.05, 4.69) is 23.5 Å². The molecule has 17 heavy (non-hydrogen) atoms. The van der Waals surface area contributed by atoms with Crippen LogP contribution in [0.1, 0.15) is 32.6 Å². The molecule has 0 atom stereocenters. The van der Waals surface area contributed by atoms with E-state index in [-0.39, 0.29) is 0 Å². The molecule has 0 radical (unpaired) electrons. The molecule has 2 nitrogen and oxygen atoms in total. The van der Waals surface area contributed by atoms with Crippen molar-refractivity contribution in [1.29, 1.82) is 0 Å². The number of para-hydroxylation sites is 2. The standard InChI is InChI=1S/C15H21NO/c1-2-17-14-6-4-3-5-13(14)16-15(11-7-8-11)12-9-10-12/h3-6,11-12,15-16H,2,7-10H2,1H3. The van der Waals surface area contributed by atoms with Gasteiger partial charge in [0, 0.05) is 6.04 Å². The van der Waals surface area contributed by atoms with Gasteiger partial charge in [0.2, 0.25) is 0 Å². The Bertz CT molecular complexity index is 370. The summed E-state index contributed by atoms with van der Waals surface area (Å²) in [5.74, 6) is 2.83. The molecular formula is C15H21NO. The molecule has 0 saturated heterocycles. The zero-order chi connectivity index (χ0) is 11.7. The van der Waals surface area contributed by atoms with Gasteiger partial charge in [-0.05, 0) is 56.6 Å². The third kappa shape index (κ3) is 2.56. The minimum atomic E-state index is 0.691. The molecule has 1 aromatic rings. The van der Waals surface area contributed by atoms with Crippen LogP contribution in [0, 0.1) is 11.8 Å². The van der Waals surface area contributed by atoms with E-state index in [0.717, 1.165) is 24.2 Å². The molecule has 2 aliphatic carbocycles. The van der Waals surface area contributed by atoms with Gasteiger partial charge in [0.25, 0.3) is 0 Å². The highest BCUT2D eigenvalue weighted by atomic mass is 16.5. The first-order valence-electron chi connectivity index (χ1n) is 6.87. The fourth-order valence-corrected chi connectivity index (χ4v) is 2.58. The van der Waals surface area contributed by atoms with E-state index in [1.165, 1.54) is 31.4 Å². The monoisotopic (exact) mass is 231 g/mol. The predicted molar refractivity (Wildman–Crippen MR) is 70.5 cm³/mol. The van der Waals surface area contributed by atoms with Crippen molar-refractivity contribution in [1.82, 2.24) is 0 Å². The summed E-state index contributed by atoms with van der Waals surface area (Å²) in [6.07, 6.45) is 5.63. The van der Waals surface area contributed by atoms with Crippen LogP contribution >= 0.6 is 0 Å². The maximum absolute atomic E-state index is 5.68. The number of anilines is 1. The minimum absolute atomic E-state index is 0.691. The Kier molecular flexibility index (Phi) is 2.96. The number of ether oxygens (including phenoxy) is 1. The summed E-state index contributed by atoms with van der Waals surface area (Å²) < 4.78 is 5.68. The molecule has 1 aromatic carbocycles. The fraction of sp³-hybridized carbons (Fsp3) is 0.600. The van der Waals surface area contributed by atoms with E-state index in [0.29, 0.717) is 6.04 Å². The van der Waals surface area contributed by atoms with Gasteiger partial charge in [-0.2, -0.15) is 0 Å². The van der Waals surface area contributed by atoms with Gasteiger partial charge >= 0.3 is 0 Å². The first kappa shape index (κ1) is 10.9. The summed E-state index contributed by atoms with van der Waals surface area (Å²) in [7, 11) is 0. The van der Waals surface area contributed by atoms with E-state index in [9.17, 15) is 0 Å². The number of nitrogens with one attached hydrogen (secondary N) is 1. The van der Waals surface area contributed by atoms with Gasteiger partial charge in [-0.3, -0.25) is 0 Å². The molecule has 1 N–H and O–H groups in total. The predicted octanol–water partition coefficient (Wildman–Crippen LogP) is 3.69. The summed E-state index contributed by atoms with van der Waals surface area (Å²) in [6.45, 7) is 2.77. The van der Waals surface area contributed by atoms with Gasteiger partial charge < -0.3 is 10.1 Å². The Morgan fingerprint density at radius 1 is 1.18 bits per heavy atom. The number of benzene rings is 1. The zero-order valence-electron chi connectivity index (χ0n) is 10.5. The summed E-state index contributed by atoms with van der Waals surface area (Å²) in [4.78, 5) is 0. The van der Waals surface area contributed by atoms with Gasteiger partial charge in [0.15, 0.2) is 0 Å². The first-order chi connectivity index (χ1) is 8.38. The van der Waals surface area contributed by atoms with E-state index in [1.807, 2.05) is 13.0 Å². The van der Waals surface area contributed by atoms with Crippen LogP contribution in [0.2, 0.25) is 0 Å². The molecule has 0 bridgehead atoms. The van der Waals surface area contributed by atoms with E-state index in [4.69, 9.17) is 4.74 Å². The molecule has 92 valence electrons. The van der Waals surface area contributed by atoms with Crippen molar-refractivity contribution in [2.24, 2.45) is 11.8 Å². The average molecular weight is 231 g/mol. The second-order valence-corrected chi connectivity index (χ2v) is 5.27. The molecule has 2 saturated carbocycles. The van der Waals surface area contributed by atoms with Crippen molar-refractivity contribution in [3.8, 4) is 5.75 Å². The quantitative estimate of drug-likeness (QED) is 0.806. The number of hydrogen-bond acceptors (Lipinski definition) is 2. The summed E-state index contributed by atoms with van der Waals surface area (Å²) >= 11 is 0. The van der Waals surface area contributed by atoms with E-state index in [1.54, 1.807) is 0 Å². The second-order valence-electron chi connectivity index (χ2n) is 5.27. The van der Waals surface area contributed by atoms with E-state index < -0.39 is 0 Å². The van der Waals surface area contributed by atoms with Gasteiger partial charge in [-0.15, -0.1) is 0 Å². The van der Waals surface area contributed by atoms with Gasteiger partial charge in [0.1, 0.15) is 5.75 Å². The number of hydrogen-bond donors (Lipinski definition) is 1. The summed E-state index contributed by atoms with van der Waals surface area (Å²) in [5, 5.41) is 3.73. The molecule has 2 aliphatic rings. The van der Waals surface area contributed by atoms with Crippen LogP contribution in [-0.2, 0) is 0 Å². The lowest BCUT2D eigenvalue weighted by atomic mass is 10.1. The van der Waals surface area contributed by atoms with Gasteiger partial charge in [0.05, 0.1) is 12.3 Å². The maximum atomic E-state index is 5.68. The Morgan fingerprint density at radius 3 is 2.41 bits per heavy atom. The Labute approximate surface area is 103 Å². The van der Waals surface area contributed by atoms with Crippen LogP contribution in [0.25, 0.3) is 0 Å². The topological polar surface area (TPSA) is 21.3 Å². The van der Waals surface area contributed by atoms with Crippen molar-refractivity contribution in [2.75, 3.05) is 11.9 Å². The normalized spacial score (nSPS) is 19.4. The largest absolute Gasteiger partial charge is 0.492 e. The van der Waals surface area contributed by atoms with Crippen molar-refractivity contribution in [3.63, 3.8) is 0 Å². The molecule has 0 spiro atoms. The van der Waals surface area contributed by atoms with Crippen LogP contribution in [0.5, 0.6) is 5.75 Å². The van der Waals surface area contributed by atoms with Crippen molar-refractivity contribution in [3.05, 3.63) is 24.3 Å². The molecule has 3 rings (SSSR count). The van der Waals surface area contributed by atoms with Crippen molar-refractivity contribution in [2.45, 2.75) is 38.6 Å². The lowest BCUT2D eigenvalue weighted by molar-refractivity contribution is 0.341. The maximum Gasteiger partial charge on any atom is 0.142 e.